The molecule has 0 radical (unpaired) electrons. The van der Waals surface area contributed by atoms with E-state index in [2.05, 4.69) is 23.6 Å². The van der Waals surface area contributed by atoms with Gasteiger partial charge in [0.25, 0.3) is 0 Å². The van der Waals surface area contributed by atoms with Crippen molar-refractivity contribution in [2.75, 3.05) is 6.54 Å². The molecular weight excluding hydrogens is 234 g/mol. The smallest absolute Gasteiger partial charge is 0.171 e. The highest BCUT2D eigenvalue weighted by Gasteiger charge is 2.43. The first kappa shape index (κ1) is 12.9. The number of amidine groups is 1. The average molecular weight is 255 g/mol. The molecule has 2 atom stereocenters. The molecule has 0 aromatic carbocycles. The molecule has 1 fully saturated rings. The SMILES string of the molecule is CC1(C)CCC(CN)(CC2=N[C@H](C=O)SN2)C1. The van der Waals surface area contributed by atoms with E-state index in [0.717, 1.165) is 31.4 Å². The molecule has 0 amide bonds. The Morgan fingerprint density at radius 3 is 2.82 bits per heavy atom. The number of carbonyl (C=O) groups excluding carboxylic acids is 1. The van der Waals surface area contributed by atoms with Gasteiger partial charge in [-0.1, -0.05) is 13.8 Å². The van der Waals surface area contributed by atoms with Gasteiger partial charge in [-0.05, 0) is 48.6 Å². The maximum absolute atomic E-state index is 10.6. The third-order valence-electron chi connectivity index (χ3n) is 3.86. The van der Waals surface area contributed by atoms with E-state index in [1.54, 1.807) is 0 Å². The Balaban J connectivity index is 2.04. The molecule has 17 heavy (non-hydrogen) atoms. The first-order chi connectivity index (χ1) is 7.99. The van der Waals surface area contributed by atoms with Crippen molar-refractivity contribution in [1.29, 1.82) is 0 Å². The van der Waals surface area contributed by atoms with Gasteiger partial charge in [-0.2, -0.15) is 0 Å². The summed E-state index contributed by atoms with van der Waals surface area (Å²) in [6.45, 7) is 5.31. The number of aldehydes is 1. The minimum absolute atomic E-state index is 0.174. The van der Waals surface area contributed by atoms with E-state index in [4.69, 9.17) is 5.73 Å². The highest BCUT2D eigenvalue weighted by molar-refractivity contribution is 7.99. The van der Waals surface area contributed by atoms with Crippen LogP contribution in [-0.4, -0.2) is 24.0 Å². The van der Waals surface area contributed by atoms with E-state index in [1.807, 2.05) is 0 Å². The second kappa shape index (κ2) is 4.61. The van der Waals surface area contributed by atoms with Gasteiger partial charge in [-0.25, -0.2) is 4.99 Å². The number of aliphatic imine (C=N–C) groups is 1. The summed E-state index contributed by atoms with van der Waals surface area (Å²) < 4.78 is 3.15. The van der Waals surface area contributed by atoms with Crippen molar-refractivity contribution < 1.29 is 4.79 Å². The van der Waals surface area contributed by atoms with Gasteiger partial charge < -0.3 is 10.5 Å². The zero-order valence-corrected chi connectivity index (χ0v) is 11.3. The molecule has 0 spiro atoms. The summed E-state index contributed by atoms with van der Waals surface area (Å²) >= 11 is 1.38. The Kier molecular flexibility index (Phi) is 3.50. The maximum Gasteiger partial charge on any atom is 0.171 e. The summed E-state index contributed by atoms with van der Waals surface area (Å²) in [5.41, 5.74) is 6.53. The van der Waals surface area contributed by atoms with Crippen LogP contribution >= 0.6 is 11.9 Å². The number of hydrogen-bond donors (Lipinski definition) is 2. The fourth-order valence-corrected chi connectivity index (χ4v) is 3.64. The molecule has 1 aliphatic carbocycles. The summed E-state index contributed by atoms with van der Waals surface area (Å²) in [4.78, 5) is 15.0. The molecule has 0 aromatic rings. The molecule has 2 aliphatic rings. The summed E-state index contributed by atoms with van der Waals surface area (Å²) in [6.07, 6.45) is 5.28. The van der Waals surface area contributed by atoms with Crippen molar-refractivity contribution in [2.24, 2.45) is 21.6 Å². The number of hydrogen-bond acceptors (Lipinski definition) is 5. The van der Waals surface area contributed by atoms with E-state index < -0.39 is 0 Å². The Morgan fingerprint density at radius 2 is 2.35 bits per heavy atom. The third kappa shape index (κ3) is 2.83. The van der Waals surface area contributed by atoms with Crippen LogP contribution in [0.25, 0.3) is 0 Å². The molecule has 1 heterocycles. The Morgan fingerprint density at radius 1 is 1.59 bits per heavy atom. The molecule has 1 aliphatic heterocycles. The number of nitrogens with one attached hydrogen (secondary N) is 1. The second-order valence-electron chi connectivity index (χ2n) is 6.04. The number of nitrogens with two attached hydrogens (primary N) is 1. The Hall–Kier alpha value is -0.550. The van der Waals surface area contributed by atoms with Gasteiger partial charge in [0, 0.05) is 6.42 Å². The van der Waals surface area contributed by atoms with Crippen LogP contribution < -0.4 is 10.5 Å². The van der Waals surface area contributed by atoms with Gasteiger partial charge in [0.1, 0.15) is 5.84 Å². The standard InChI is InChI=1S/C12H21N3OS/c1-11(2)3-4-12(7-11,8-13)5-9-14-10(6-16)17-15-9/h6,10H,3-5,7-8,13H2,1-2H3,(H,14,15)/t10-,12?/m0/s1. The van der Waals surface area contributed by atoms with Crippen LogP contribution in [0, 0.1) is 10.8 Å². The van der Waals surface area contributed by atoms with Crippen LogP contribution in [0.2, 0.25) is 0 Å². The highest BCUT2D eigenvalue weighted by atomic mass is 32.2. The van der Waals surface area contributed by atoms with E-state index in [9.17, 15) is 4.79 Å². The van der Waals surface area contributed by atoms with Crippen LogP contribution in [0.5, 0.6) is 0 Å². The largest absolute Gasteiger partial charge is 0.330 e. The molecule has 1 unspecified atom stereocenters. The molecule has 3 N–H and O–H groups in total. The summed E-state index contributed by atoms with van der Waals surface area (Å²) in [5.74, 6) is 0.940. The van der Waals surface area contributed by atoms with Crippen LogP contribution in [0.15, 0.2) is 4.99 Å². The van der Waals surface area contributed by atoms with Crippen molar-refractivity contribution in [3.8, 4) is 0 Å². The lowest BCUT2D eigenvalue weighted by atomic mass is 9.79. The van der Waals surface area contributed by atoms with Crippen LogP contribution in [-0.2, 0) is 4.79 Å². The van der Waals surface area contributed by atoms with Gasteiger partial charge in [0.15, 0.2) is 11.7 Å². The molecule has 0 saturated heterocycles. The van der Waals surface area contributed by atoms with Crippen molar-refractivity contribution in [1.82, 2.24) is 4.72 Å². The van der Waals surface area contributed by atoms with Gasteiger partial charge in [-0.15, -0.1) is 0 Å². The van der Waals surface area contributed by atoms with Crippen LogP contribution in [0.1, 0.15) is 39.5 Å². The lowest BCUT2D eigenvalue weighted by molar-refractivity contribution is -0.107. The molecule has 96 valence electrons. The molecule has 2 rings (SSSR count). The monoisotopic (exact) mass is 255 g/mol. The Bertz CT molecular complexity index is 343. The fraction of sp³-hybridized carbons (Fsp3) is 0.833. The van der Waals surface area contributed by atoms with Crippen LogP contribution in [0.3, 0.4) is 0 Å². The summed E-state index contributed by atoms with van der Waals surface area (Å²) in [7, 11) is 0. The molecule has 1 saturated carbocycles. The zero-order chi connectivity index (χ0) is 12.5. The predicted octanol–water partition coefficient (Wildman–Crippen LogP) is 1.71. The number of carbonyl (C=O) groups is 1. The molecule has 4 nitrogen and oxygen atoms in total. The zero-order valence-electron chi connectivity index (χ0n) is 10.5. The molecular formula is C12H21N3OS. The van der Waals surface area contributed by atoms with Crippen molar-refractivity contribution in [3.63, 3.8) is 0 Å². The van der Waals surface area contributed by atoms with E-state index in [-0.39, 0.29) is 10.8 Å². The molecule has 0 aromatic heterocycles. The first-order valence-corrected chi connectivity index (χ1v) is 7.00. The minimum Gasteiger partial charge on any atom is -0.330 e. The highest BCUT2D eigenvalue weighted by Crippen LogP contribution is 2.50. The predicted molar refractivity (Wildman–Crippen MR) is 71.8 cm³/mol. The topological polar surface area (TPSA) is 67.5 Å². The first-order valence-electron chi connectivity index (χ1n) is 6.12. The normalized spacial score (nSPS) is 35.5. The van der Waals surface area contributed by atoms with Gasteiger partial charge >= 0.3 is 0 Å². The van der Waals surface area contributed by atoms with E-state index >= 15 is 0 Å². The van der Waals surface area contributed by atoms with Crippen molar-refractivity contribution in [2.45, 2.75) is 44.9 Å². The van der Waals surface area contributed by atoms with Crippen molar-refractivity contribution >= 4 is 24.1 Å². The van der Waals surface area contributed by atoms with Crippen LogP contribution in [0.4, 0.5) is 0 Å². The Labute approximate surface area is 107 Å². The second-order valence-corrected chi connectivity index (χ2v) is 6.97. The molecule has 0 bridgehead atoms. The van der Waals surface area contributed by atoms with Gasteiger partial charge in [0.05, 0.1) is 0 Å². The van der Waals surface area contributed by atoms with E-state index in [1.165, 1.54) is 18.4 Å². The average Bonchev–Trinajstić information content (AvgIpc) is 2.84. The third-order valence-corrected chi connectivity index (χ3v) is 4.67. The van der Waals surface area contributed by atoms with E-state index in [0.29, 0.717) is 12.0 Å². The number of rotatable bonds is 4. The molecule has 5 heteroatoms. The lowest BCUT2D eigenvalue weighted by Crippen LogP contribution is -2.33. The van der Waals surface area contributed by atoms with Crippen molar-refractivity contribution in [3.05, 3.63) is 0 Å². The van der Waals surface area contributed by atoms with Gasteiger partial charge in [-0.3, -0.25) is 4.79 Å². The van der Waals surface area contributed by atoms with Gasteiger partial charge in [0.2, 0.25) is 0 Å². The summed E-state index contributed by atoms with van der Waals surface area (Å²) in [5, 5.41) is -0.269. The summed E-state index contributed by atoms with van der Waals surface area (Å²) in [6, 6.07) is 0. The maximum atomic E-state index is 10.6. The quantitative estimate of drug-likeness (QED) is 0.593. The minimum atomic E-state index is -0.269. The number of nitrogens with zero attached hydrogens (tertiary/aromatic N) is 1. The lowest BCUT2D eigenvalue weighted by Gasteiger charge is -2.29. The fourth-order valence-electron chi connectivity index (χ4n) is 3.02.